The Morgan fingerprint density at radius 2 is 0.304 bits per heavy atom. The van der Waals surface area contributed by atoms with E-state index in [1.807, 2.05) is 0 Å². The molecule has 0 amide bonds. The van der Waals surface area contributed by atoms with Gasteiger partial charge < -0.3 is 59.5 Å². The third kappa shape index (κ3) is 58.1. The van der Waals surface area contributed by atoms with Gasteiger partial charge in [0.05, 0.1) is 97.4 Å². The molecule has 28 nitrogen and oxygen atoms in total. The molecule has 8 aromatic rings. The maximum Gasteiger partial charge on any atom is 2.00 e. The average molecular weight is 1560 g/mol. The van der Waals surface area contributed by atoms with Crippen molar-refractivity contribution in [1.29, 1.82) is 0 Å². The van der Waals surface area contributed by atoms with Crippen LogP contribution in [-0.2, 0) is 70.9 Å². The molecule has 0 aliphatic heterocycles. The summed E-state index contributed by atoms with van der Waals surface area (Å²) < 4.78 is 38.1. The van der Waals surface area contributed by atoms with Crippen LogP contribution in [0, 0.1) is 0 Å². The molecular weight excluding hydrogens is 1490 g/mol. The Kier molecular flexibility index (Phi) is 76.0. The first-order valence-electron chi connectivity index (χ1n) is 29.0. The van der Waals surface area contributed by atoms with Crippen molar-refractivity contribution >= 4 is 117 Å². The summed E-state index contributed by atoms with van der Waals surface area (Å²) in [5, 5.41) is 33.9. The number of pyridine rings is 8. The molecule has 0 saturated carbocycles. The van der Waals surface area contributed by atoms with Gasteiger partial charge in [0.2, 0.25) is 0 Å². The zero-order valence-electron chi connectivity index (χ0n) is 56.3. The fraction of sp³-hybridized carbons (Fsp3) is 0.235. The predicted molar refractivity (Wildman–Crippen MR) is 385 cm³/mol. The minimum absolute atomic E-state index is 0. The fourth-order valence-electron chi connectivity index (χ4n) is 5.62. The average Bonchev–Trinajstić information content (AvgIpc) is 2.22. The number of carbonyl (C=O) groups is 8. The Morgan fingerprint density at radius 1 is 0.235 bits per heavy atom. The van der Waals surface area contributed by atoms with Gasteiger partial charge in [-0.2, -0.15) is 20.6 Å². The topological polar surface area (TPSA) is 403 Å². The number of hydrogen-bond acceptors (Lipinski definition) is 28. The minimum atomic E-state index is -0.296. The quantitative estimate of drug-likeness (QED) is 0.0285. The van der Waals surface area contributed by atoms with Crippen molar-refractivity contribution in [2.45, 2.75) is 55.4 Å². The van der Waals surface area contributed by atoms with Crippen LogP contribution >= 0.6 is 48.9 Å². The fourth-order valence-corrected chi connectivity index (χ4v) is 5.62. The smallest absolute Gasteiger partial charge is 0.753 e. The van der Waals surface area contributed by atoms with E-state index >= 15 is 0 Å². The van der Waals surface area contributed by atoms with Gasteiger partial charge >= 0.3 is 80.7 Å². The van der Waals surface area contributed by atoms with E-state index in [-0.39, 0.29) is 80.7 Å². The van der Waals surface area contributed by atoms with Crippen LogP contribution < -0.4 is 0 Å². The normalized spacial score (nSPS) is 8.24. The summed E-state index contributed by atoms with van der Waals surface area (Å²) in [6.45, 7) is 17.4. The summed E-state index contributed by atoms with van der Waals surface area (Å²) in [7, 11) is 0. The number of isothiocyanates is 4. The summed E-state index contributed by atoms with van der Waals surface area (Å²) in [6.07, 6.45) is 25.0. The van der Waals surface area contributed by atoms with Crippen molar-refractivity contribution < 1.29 is 109 Å². The zero-order chi connectivity index (χ0) is 75.7. The molecule has 34 heteroatoms. The molecule has 102 heavy (non-hydrogen) atoms. The van der Waals surface area contributed by atoms with Crippen molar-refractivity contribution in [3.05, 3.63) is 262 Å². The first-order valence-corrected chi connectivity index (χ1v) is 30.7. The van der Waals surface area contributed by atoms with Gasteiger partial charge in [0.1, 0.15) is 0 Å². The van der Waals surface area contributed by atoms with Crippen LogP contribution in [0.4, 0.5) is 0 Å². The molecule has 0 unspecified atom stereocenters. The molecule has 0 atom stereocenters. The van der Waals surface area contributed by atoms with Crippen LogP contribution in [0.5, 0.6) is 0 Å². The van der Waals surface area contributed by atoms with Crippen molar-refractivity contribution in [3.8, 4) is 0 Å². The number of ether oxygens (including phenoxy) is 8. The van der Waals surface area contributed by atoms with Gasteiger partial charge in [0.25, 0.3) is 0 Å². The number of rotatable bonds is 16. The molecule has 8 aromatic heterocycles. The van der Waals surface area contributed by atoms with Crippen molar-refractivity contribution in [2.75, 3.05) is 52.9 Å². The molecule has 0 N–H and O–H groups in total. The first kappa shape index (κ1) is 102. The van der Waals surface area contributed by atoms with Crippen LogP contribution in [0.3, 0.4) is 0 Å². The van der Waals surface area contributed by atoms with Gasteiger partial charge in [-0.25, -0.2) is 38.4 Å². The molecule has 0 radical (unpaired) electrons. The minimum Gasteiger partial charge on any atom is -0.753 e. The number of thiocarbonyl (C=S) groups is 4. The van der Waals surface area contributed by atoms with E-state index in [1.165, 1.54) is 20.6 Å². The van der Waals surface area contributed by atoms with E-state index in [0.29, 0.717) is 97.4 Å². The van der Waals surface area contributed by atoms with E-state index in [0.717, 1.165) is 0 Å². The molecular formula is C68H72N12Ni2O16S4. The second-order valence-corrected chi connectivity index (χ2v) is 16.7. The molecule has 8 rings (SSSR count). The number of hydrogen-bond donors (Lipinski definition) is 0. The Morgan fingerprint density at radius 3 is 0.363 bits per heavy atom. The predicted octanol–water partition coefficient (Wildman–Crippen LogP) is 12.7. The number of carbonyl (C=O) groups excluding carboxylic acids is 8. The maximum atomic E-state index is 11.0. The van der Waals surface area contributed by atoms with Crippen LogP contribution in [0.15, 0.2) is 196 Å². The summed E-state index contributed by atoms with van der Waals surface area (Å²) in [5.74, 6) is -2.37. The molecule has 0 saturated heterocycles. The van der Waals surface area contributed by atoms with E-state index in [9.17, 15) is 38.4 Å². The first-order chi connectivity index (χ1) is 48.4. The standard InChI is InChI=1S/8C8H9NO2.4CNS.2Ni/c8*1-2-11-8(10)7-3-5-9-6-4-7;4*2-1-3;;/h8*3-6H,2H2,1H3;;;;;;/q;;;;;;;;4*-1;2*+2. The zero-order valence-corrected chi connectivity index (χ0v) is 61.5. The third-order valence-corrected chi connectivity index (χ3v) is 9.53. The molecule has 0 aromatic carbocycles. The molecule has 0 spiro atoms. The summed E-state index contributed by atoms with van der Waals surface area (Å²) in [4.78, 5) is 118. The van der Waals surface area contributed by atoms with Crippen molar-refractivity contribution in [1.82, 2.24) is 39.9 Å². The molecule has 0 bridgehead atoms. The van der Waals surface area contributed by atoms with Gasteiger partial charge in [0.15, 0.2) is 0 Å². The van der Waals surface area contributed by atoms with Gasteiger partial charge in [-0.05, 0) is 152 Å². The van der Waals surface area contributed by atoms with Gasteiger partial charge in [-0.1, -0.05) is 48.9 Å². The summed E-state index contributed by atoms with van der Waals surface area (Å²) in [6, 6.07) is 26.0. The molecule has 8 heterocycles. The monoisotopic (exact) mass is 1560 g/mol. The van der Waals surface area contributed by atoms with E-state index < -0.39 is 0 Å². The van der Waals surface area contributed by atoms with E-state index in [1.54, 1.807) is 252 Å². The maximum absolute atomic E-state index is 11.0. The van der Waals surface area contributed by atoms with Crippen LogP contribution in [-0.4, -0.2) is 161 Å². The SMILES string of the molecule is CCOC(=O)c1ccncc1.CCOC(=O)c1ccncc1.CCOC(=O)c1ccncc1.CCOC(=O)c1ccncc1.CCOC(=O)c1ccncc1.CCOC(=O)c1ccncc1.CCOC(=O)c1ccncc1.CCOC(=O)c1ccncc1.[N-]=C=S.[N-]=C=S.[N-]=C=S.[N-]=C=S.[Ni+2].[Ni+2]. The van der Waals surface area contributed by atoms with Crippen LogP contribution in [0.25, 0.3) is 21.6 Å². The van der Waals surface area contributed by atoms with E-state index in [2.05, 4.69) is 88.7 Å². The second kappa shape index (κ2) is 75.9. The number of aromatic nitrogens is 8. The Balaban J connectivity index is -0.000000251. The molecule has 0 aliphatic carbocycles. The van der Waals surface area contributed by atoms with Crippen molar-refractivity contribution in [2.24, 2.45) is 0 Å². The summed E-state index contributed by atoms with van der Waals surface area (Å²) >= 11 is 14.8. The van der Waals surface area contributed by atoms with Gasteiger partial charge in [0, 0.05) is 99.1 Å². The number of nitrogens with zero attached hydrogens (tertiary/aromatic N) is 12. The van der Waals surface area contributed by atoms with Crippen molar-refractivity contribution in [3.63, 3.8) is 0 Å². The van der Waals surface area contributed by atoms with Crippen LogP contribution in [0.1, 0.15) is 138 Å². The Labute approximate surface area is 632 Å². The second-order valence-electron chi connectivity index (χ2n) is 16.0. The van der Waals surface area contributed by atoms with Crippen LogP contribution in [0.2, 0.25) is 0 Å². The molecule has 544 valence electrons. The molecule has 0 aliphatic rings. The Bertz CT molecular complexity index is 2920. The third-order valence-electron chi connectivity index (χ3n) is 9.53. The Hall–Kier alpha value is -10.9. The van der Waals surface area contributed by atoms with E-state index in [4.69, 9.17) is 59.5 Å². The number of esters is 8. The molecule has 0 fully saturated rings. The van der Waals surface area contributed by atoms with Gasteiger partial charge in [-0.15, -0.1) is 0 Å². The largest absolute Gasteiger partial charge is 2.00 e. The van der Waals surface area contributed by atoms with Gasteiger partial charge in [-0.3, -0.25) is 39.9 Å². The summed E-state index contributed by atoms with van der Waals surface area (Å²) in [5.41, 5.74) is 4.35.